The summed E-state index contributed by atoms with van der Waals surface area (Å²) in [6.07, 6.45) is 0. The molecule has 2 rings (SSSR count). The van der Waals surface area contributed by atoms with Crippen LogP contribution in [0.15, 0.2) is 46.6 Å². The van der Waals surface area contributed by atoms with Gasteiger partial charge in [0, 0.05) is 18.2 Å². The highest BCUT2D eigenvalue weighted by Crippen LogP contribution is 2.36. The Morgan fingerprint density at radius 1 is 1.17 bits per heavy atom. The highest BCUT2D eigenvalue weighted by molar-refractivity contribution is 6.32. The van der Waals surface area contributed by atoms with Crippen LogP contribution in [0, 0.1) is 10.1 Å². The van der Waals surface area contributed by atoms with Crippen molar-refractivity contribution in [2.45, 2.75) is 13.0 Å². The van der Waals surface area contributed by atoms with Crippen molar-refractivity contribution in [1.29, 1.82) is 0 Å². The van der Waals surface area contributed by atoms with Gasteiger partial charge in [0.1, 0.15) is 11.5 Å². The Kier molecular flexibility index (Phi) is 7.21. The number of anilines is 1. The molecule has 0 radical (unpaired) electrons. The van der Waals surface area contributed by atoms with Crippen LogP contribution in [0.4, 0.5) is 17.1 Å². The highest BCUT2D eigenvalue weighted by Gasteiger charge is 2.25. The first-order valence-corrected chi connectivity index (χ1v) is 8.52. The first-order valence-electron chi connectivity index (χ1n) is 8.15. The van der Waals surface area contributed by atoms with Gasteiger partial charge in [0.15, 0.2) is 5.78 Å². The molecule has 0 spiro atoms. The molecule has 1 unspecified atom stereocenters. The molecule has 2 aromatic rings. The third-order valence-electron chi connectivity index (χ3n) is 3.69. The monoisotopic (exact) mass is 420 g/mol. The number of carbonyl (C=O) groups is 2. The number of ketones is 1. The molecule has 1 atom stereocenters. The molecule has 0 aliphatic rings. The van der Waals surface area contributed by atoms with Crippen molar-refractivity contribution in [1.82, 2.24) is 0 Å². The van der Waals surface area contributed by atoms with Crippen molar-refractivity contribution in [2.75, 3.05) is 19.5 Å². The molecule has 29 heavy (non-hydrogen) atoms. The lowest BCUT2D eigenvalue weighted by atomic mass is 10.2. The molecule has 0 heterocycles. The van der Waals surface area contributed by atoms with Crippen molar-refractivity contribution < 1.29 is 24.0 Å². The normalized spacial score (nSPS) is 11.7. The minimum absolute atomic E-state index is 0.128. The highest BCUT2D eigenvalue weighted by atomic mass is 35.5. The van der Waals surface area contributed by atoms with Crippen LogP contribution in [0.3, 0.4) is 0 Å². The number of nitro groups is 1. The minimum atomic E-state index is -1.47. The standard InChI is InChI=1S/C18H17ClN4O6/c1-10(24)17(22-21-11-5-4-6-12(7-11)23(26)27)18(25)20-14-8-13(19)15(28-2)9-16(14)29-3/h4-9,17H,1-3H3,(H,20,25). The molecular weight excluding hydrogens is 404 g/mol. The van der Waals surface area contributed by atoms with Gasteiger partial charge in [0.25, 0.3) is 11.6 Å². The Morgan fingerprint density at radius 2 is 1.86 bits per heavy atom. The molecule has 2 aromatic carbocycles. The third-order valence-corrected chi connectivity index (χ3v) is 3.99. The van der Waals surface area contributed by atoms with E-state index in [0.29, 0.717) is 5.75 Å². The van der Waals surface area contributed by atoms with E-state index in [0.717, 1.165) is 0 Å². The van der Waals surface area contributed by atoms with E-state index in [9.17, 15) is 19.7 Å². The quantitative estimate of drug-likeness (QED) is 0.297. The van der Waals surface area contributed by atoms with Crippen LogP contribution in [-0.2, 0) is 9.59 Å². The second-order valence-electron chi connectivity index (χ2n) is 5.68. The number of amides is 1. The fourth-order valence-corrected chi connectivity index (χ4v) is 2.51. The number of nitro benzene ring substituents is 1. The molecule has 0 aromatic heterocycles. The molecule has 0 aliphatic carbocycles. The molecular formula is C18H17ClN4O6. The van der Waals surface area contributed by atoms with E-state index in [1.54, 1.807) is 0 Å². The van der Waals surface area contributed by atoms with Crippen LogP contribution >= 0.6 is 11.6 Å². The number of ether oxygens (including phenoxy) is 2. The summed E-state index contributed by atoms with van der Waals surface area (Å²) < 4.78 is 10.3. The topological polar surface area (TPSA) is 132 Å². The van der Waals surface area contributed by atoms with E-state index in [2.05, 4.69) is 15.5 Å². The lowest BCUT2D eigenvalue weighted by molar-refractivity contribution is -0.384. The van der Waals surface area contributed by atoms with Crippen molar-refractivity contribution in [3.05, 3.63) is 51.5 Å². The number of Topliss-reactive ketones (excluding diaryl/α,β-unsaturated/α-hetero) is 1. The fraction of sp³-hybridized carbons (Fsp3) is 0.222. The number of hydrogen-bond acceptors (Lipinski definition) is 8. The zero-order valence-electron chi connectivity index (χ0n) is 15.7. The van der Waals surface area contributed by atoms with Crippen LogP contribution in [0.25, 0.3) is 0 Å². The number of nitrogens with one attached hydrogen (secondary N) is 1. The van der Waals surface area contributed by atoms with Crippen LogP contribution in [0.1, 0.15) is 6.92 Å². The Bertz CT molecular complexity index is 979. The van der Waals surface area contributed by atoms with Crippen LogP contribution in [0.5, 0.6) is 11.5 Å². The van der Waals surface area contributed by atoms with E-state index in [1.807, 2.05) is 0 Å². The summed E-state index contributed by atoms with van der Waals surface area (Å²) in [5.41, 5.74) is 0.145. The Balaban J connectivity index is 2.27. The summed E-state index contributed by atoms with van der Waals surface area (Å²) >= 11 is 6.07. The van der Waals surface area contributed by atoms with E-state index in [4.69, 9.17) is 21.1 Å². The lowest BCUT2D eigenvalue weighted by Crippen LogP contribution is -2.32. The first-order chi connectivity index (χ1) is 13.8. The van der Waals surface area contributed by atoms with Gasteiger partial charge >= 0.3 is 0 Å². The van der Waals surface area contributed by atoms with Gasteiger partial charge in [-0.25, -0.2) is 0 Å². The molecule has 0 saturated heterocycles. The van der Waals surface area contributed by atoms with Gasteiger partial charge in [-0.15, -0.1) is 0 Å². The maximum atomic E-state index is 12.6. The largest absolute Gasteiger partial charge is 0.495 e. The van der Waals surface area contributed by atoms with Gasteiger partial charge in [-0.3, -0.25) is 19.7 Å². The summed E-state index contributed by atoms with van der Waals surface area (Å²) in [5, 5.41) is 21.1. The van der Waals surface area contributed by atoms with E-state index in [1.165, 1.54) is 57.5 Å². The Hall–Kier alpha value is -3.53. The second-order valence-corrected chi connectivity index (χ2v) is 6.09. The van der Waals surface area contributed by atoms with Gasteiger partial charge in [-0.2, -0.15) is 10.2 Å². The lowest BCUT2D eigenvalue weighted by Gasteiger charge is -2.14. The minimum Gasteiger partial charge on any atom is -0.495 e. The van der Waals surface area contributed by atoms with E-state index >= 15 is 0 Å². The third kappa shape index (κ3) is 5.48. The number of nitrogens with zero attached hydrogens (tertiary/aromatic N) is 3. The Morgan fingerprint density at radius 3 is 2.45 bits per heavy atom. The number of azo groups is 1. The number of hydrogen-bond donors (Lipinski definition) is 1. The van der Waals surface area contributed by atoms with Gasteiger partial charge in [-0.05, 0) is 19.1 Å². The van der Waals surface area contributed by atoms with Crippen LogP contribution in [0.2, 0.25) is 5.02 Å². The summed E-state index contributed by atoms with van der Waals surface area (Å²) in [4.78, 5) is 34.7. The maximum Gasteiger partial charge on any atom is 0.271 e. The summed E-state index contributed by atoms with van der Waals surface area (Å²) in [7, 11) is 2.82. The van der Waals surface area contributed by atoms with E-state index in [-0.39, 0.29) is 27.8 Å². The average molecular weight is 421 g/mol. The Labute approximate surface area is 170 Å². The van der Waals surface area contributed by atoms with Gasteiger partial charge in [0.05, 0.1) is 35.5 Å². The van der Waals surface area contributed by atoms with Crippen molar-refractivity contribution in [3.8, 4) is 11.5 Å². The maximum absolute atomic E-state index is 12.6. The number of halogens is 1. The molecule has 0 bridgehead atoms. The SMILES string of the molecule is COc1cc(OC)c(NC(=O)C(N=Nc2cccc([N+](=O)[O-])c2)C(C)=O)cc1Cl. The molecule has 0 aliphatic heterocycles. The molecule has 0 saturated carbocycles. The van der Waals surface area contributed by atoms with Gasteiger partial charge in [0.2, 0.25) is 6.04 Å². The smallest absolute Gasteiger partial charge is 0.271 e. The van der Waals surface area contributed by atoms with Crippen LogP contribution < -0.4 is 14.8 Å². The molecule has 1 amide bonds. The first kappa shape index (κ1) is 21.8. The van der Waals surface area contributed by atoms with Gasteiger partial charge in [-0.1, -0.05) is 17.7 Å². The summed E-state index contributed by atoms with van der Waals surface area (Å²) in [6, 6.07) is 6.74. The van der Waals surface area contributed by atoms with E-state index < -0.39 is 22.7 Å². The predicted octanol–water partition coefficient (Wildman–Crippen LogP) is 3.95. The van der Waals surface area contributed by atoms with Gasteiger partial charge < -0.3 is 14.8 Å². The zero-order chi connectivity index (χ0) is 21.6. The second kappa shape index (κ2) is 9.60. The molecule has 1 N–H and O–H groups in total. The number of methoxy groups -OCH3 is 2. The average Bonchev–Trinajstić information content (AvgIpc) is 2.68. The summed E-state index contributed by atoms with van der Waals surface area (Å²) in [6.45, 7) is 1.18. The number of carbonyl (C=O) groups excluding carboxylic acids is 2. The molecule has 152 valence electrons. The predicted molar refractivity (Wildman–Crippen MR) is 105 cm³/mol. The number of rotatable bonds is 8. The molecule has 11 heteroatoms. The molecule has 10 nitrogen and oxygen atoms in total. The number of benzene rings is 2. The van der Waals surface area contributed by atoms with Crippen molar-refractivity contribution in [3.63, 3.8) is 0 Å². The van der Waals surface area contributed by atoms with Crippen molar-refractivity contribution >= 4 is 40.4 Å². The number of non-ortho nitro benzene ring substituents is 1. The van der Waals surface area contributed by atoms with Crippen molar-refractivity contribution in [2.24, 2.45) is 10.2 Å². The zero-order valence-corrected chi connectivity index (χ0v) is 16.5. The fourth-order valence-electron chi connectivity index (χ4n) is 2.27. The summed E-state index contributed by atoms with van der Waals surface area (Å²) in [5.74, 6) is -0.742. The molecule has 0 fully saturated rings. The van der Waals surface area contributed by atoms with Crippen LogP contribution in [-0.4, -0.2) is 36.9 Å².